The van der Waals surface area contributed by atoms with Gasteiger partial charge in [0.2, 0.25) is 0 Å². The summed E-state index contributed by atoms with van der Waals surface area (Å²) in [6.45, 7) is 4.63. The van der Waals surface area contributed by atoms with Crippen LogP contribution < -0.4 is 4.90 Å². The highest BCUT2D eigenvalue weighted by atomic mass is 79.9. The van der Waals surface area contributed by atoms with E-state index >= 15 is 0 Å². The SMILES string of the molecule is ClCc1ccc(Br)cc1N1CCN(C2CC2)CC1. The highest BCUT2D eigenvalue weighted by molar-refractivity contribution is 9.10. The highest BCUT2D eigenvalue weighted by Gasteiger charge is 2.31. The second kappa shape index (κ2) is 5.40. The van der Waals surface area contributed by atoms with Gasteiger partial charge in [0.25, 0.3) is 0 Å². The number of benzene rings is 1. The van der Waals surface area contributed by atoms with E-state index in [1.807, 2.05) is 0 Å². The van der Waals surface area contributed by atoms with E-state index in [1.165, 1.54) is 37.2 Å². The van der Waals surface area contributed by atoms with E-state index in [9.17, 15) is 0 Å². The van der Waals surface area contributed by atoms with Crippen molar-refractivity contribution in [3.05, 3.63) is 28.2 Å². The minimum absolute atomic E-state index is 0.589. The van der Waals surface area contributed by atoms with Crippen molar-refractivity contribution in [3.63, 3.8) is 0 Å². The van der Waals surface area contributed by atoms with Crippen LogP contribution in [-0.4, -0.2) is 37.1 Å². The quantitative estimate of drug-likeness (QED) is 0.784. The van der Waals surface area contributed by atoms with Crippen molar-refractivity contribution >= 4 is 33.2 Å². The van der Waals surface area contributed by atoms with E-state index in [0.717, 1.165) is 23.6 Å². The van der Waals surface area contributed by atoms with Gasteiger partial charge < -0.3 is 4.90 Å². The molecule has 0 unspecified atom stereocenters. The van der Waals surface area contributed by atoms with Gasteiger partial charge in [-0.2, -0.15) is 0 Å². The second-order valence-electron chi connectivity index (χ2n) is 5.16. The van der Waals surface area contributed by atoms with Gasteiger partial charge in [0.1, 0.15) is 0 Å². The molecule has 4 heteroatoms. The lowest BCUT2D eigenvalue weighted by atomic mass is 10.1. The lowest BCUT2D eigenvalue weighted by Crippen LogP contribution is -2.47. The Morgan fingerprint density at radius 1 is 1.17 bits per heavy atom. The van der Waals surface area contributed by atoms with Gasteiger partial charge >= 0.3 is 0 Å². The molecule has 1 heterocycles. The van der Waals surface area contributed by atoms with E-state index in [0.29, 0.717) is 5.88 Å². The predicted octanol–water partition coefficient (Wildman–Crippen LogP) is 3.47. The van der Waals surface area contributed by atoms with Gasteiger partial charge in [-0.1, -0.05) is 22.0 Å². The second-order valence-corrected chi connectivity index (χ2v) is 6.34. The number of halogens is 2. The van der Waals surface area contributed by atoms with E-state index < -0.39 is 0 Å². The van der Waals surface area contributed by atoms with Crippen LogP contribution in [0.2, 0.25) is 0 Å². The van der Waals surface area contributed by atoms with Crippen LogP contribution in [0.4, 0.5) is 5.69 Å². The van der Waals surface area contributed by atoms with Crippen LogP contribution in [0.25, 0.3) is 0 Å². The summed E-state index contributed by atoms with van der Waals surface area (Å²) >= 11 is 9.60. The zero-order valence-electron chi connectivity index (χ0n) is 10.4. The molecule has 3 rings (SSSR count). The summed E-state index contributed by atoms with van der Waals surface area (Å²) in [4.78, 5) is 5.11. The maximum Gasteiger partial charge on any atom is 0.0494 e. The molecule has 0 N–H and O–H groups in total. The molecule has 1 saturated heterocycles. The molecule has 1 aromatic carbocycles. The van der Waals surface area contributed by atoms with Crippen LogP contribution in [0.3, 0.4) is 0 Å². The Morgan fingerprint density at radius 3 is 2.50 bits per heavy atom. The van der Waals surface area contributed by atoms with E-state index in [4.69, 9.17) is 11.6 Å². The molecule has 1 aromatic rings. The first-order valence-electron chi connectivity index (χ1n) is 6.61. The summed E-state index contributed by atoms with van der Waals surface area (Å²) in [7, 11) is 0. The lowest BCUT2D eigenvalue weighted by molar-refractivity contribution is 0.248. The molecule has 0 radical (unpaired) electrons. The van der Waals surface area contributed by atoms with E-state index in [1.54, 1.807) is 0 Å². The molecular formula is C14H18BrClN2. The number of hydrogen-bond acceptors (Lipinski definition) is 2. The number of nitrogens with zero attached hydrogens (tertiary/aromatic N) is 2. The van der Waals surface area contributed by atoms with Crippen LogP contribution in [0.15, 0.2) is 22.7 Å². The number of alkyl halides is 1. The van der Waals surface area contributed by atoms with Gasteiger partial charge in [-0.25, -0.2) is 0 Å². The first-order chi connectivity index (χ1) is 8.78. The monoisotopic (exact) mass is 328 g/mol. The molecule has 0 atom stereocenters. The Morgan fingerprint density at radius 2 is 1.89 bits per heavy atom. The van der Waals surface area contributed by atoms with Gasteiger partial charge in [-0.15, -0.1) is 11.6 Å². The molecular weight excluding hydrogens is 312 g/mol. The Hall–Kier alpha value is -0.250. The van der Waals surface area contributed by atoms with Gasteiger partial charge in [0.05, 0.1) is 0 Å². The largest absolute Gasteiger partial charge is 0.369 e. The Balaban J connectivity index is 1.72. The molecule has 2 nitrogen and oxygen atoms in total. The van der Waals surface area contributed by atoms with Crippen LogP contribution in [-0.2, 0) is 5.88 Å². The van der Waals surface area contributed by atoms with E-state index in [-0.39, 0.29) is 0 Å². The molecule has 18 heavy (non-hydrogen) atoms. The third-order valence-electron chi connectivity index (χ3n) is 3.91. The van der Waals surface area contributed by atoms with Crippen LogP contribution in [0, 0.1) is 0 Å². The van der Waals surface area contributed by atoms with Crippen molar-refractivity contribution in [2.75, 3.05) is 31.1 Å². The molecule has 98 valence electrons. The average Bonchev–Trinajstić information content (AvgIpc) is 3.23. The molecule has 0 aromatic heterocycles. The maximum atomic E-state index is 6.04. The minimum atomic E-state index is 0.589. The van der Waals surface area contributed by atoms with Crippen molar-refractivity contribution in [2.24, 2.45) is 0 Å². The summed E-state index contributed by atoms with van der Waals surface area (Å²) in [6, 6.07) is 7.29. The molecule has 1 saturated carbocycles. The van der Waals surface area contributed by atoms with Crippen LogP contribution in [0.1, 0.15) is 18.4 Å². The lowest BCUT2D eigenvalue weighted by Gasteiger charge is -2.37. The third kappa shape index (κ3) is 2.68. The van der Waals surface area contributed by atoms with Crippen molar-refractivity contribution < 1.29 is 0 Å². The minimum Gasteiger partial charge on any atom is -0.369 e. The summed E-state index contributed by atoms with van der Waals surface area (Å²) < 4.78 is 1.14. The zero-order chi connectivity index (χ0) is 12.5. The molecule has 1 aliphatic heterocycles. The summed E-state index contributed by atoms with van der Waals surface area (Å²) in [5.74, 6) is 0.589. The summed E-state index contributed by atoms with van der Waals surface area (Å²) in [5.41, 5.74) is 2.54. The Labute approximate surface area is 122 Å². The normalized spacial score (nSPS) is 21.3. The zero-order valence-corrected chi connectivity index (χ0v) is 12.8. The number of piperazine rings is 1. The summed E-state index contributed by atoms with van der Waals surface area (Å²) in [6.07, 6.45) is 2.81. The maximum absolute atomic E-state index is 6.04. The fraction of sp³-hybridized carbons (Fsp3) is 0.571. The predicted molar refractivity (Wildman–Crippen MR) is 80.5 cm³/mol. The van der Waals surface area contributed by atoms with Crippen LogP contribution in [0.5, 0.6) is 0 Å². The Bertz CT molecular complexity index is 426. The average molecular weight is 330 g/mol. The highest BCUT2D eigenvalue weighted by Crippen LogP contribution is 2.31. The first kappa shape index (κ1) is 12.8. The van der Waals surface area contributed by atoms with Crippen molar-refractivity contribution in [1.82, 2.24) is 4.90 Å². The standard InChI is InChI=1S/C14H18BrClN2/c15-12-2-1-11(10-16)14(9-12)18-7-5-17(6-8-18)13-3-4-13/h1-2,9,13H,3-8,10H2. The molecule has 0 bridgehead atoms. The van der Waals surface area contributed by atoms with Crippen molar-refractivity contribution in [3.8, 4) is 0 Å². The smallest absolute Gasteiger partial charge is 0.0494 e. The van der Waals surface area contributed by atoms with Crippen LogP contribution >= 0.6 is 27.5 Å². The Kier molecular flexibility index (Phi) is 3.83. The van der Waals surface area contributed by atoms with E-state index in [2.05, 4.69) is 43.9 Å². The van der Waals surface area contributed by atoms with Gasteiger partial charge in [0.15, 0.2) is 0 Å². The molecule has 1 aliphatic carbocycles. The van der Waals surface area contributed by atoms with Gasteiger partial charge in [0, 0.05) is 48.3 Å². The topological polar surface area (TPSA) is 6.48 Å². The fourth-order valence-electron chi connectivity index (χ4n) is 2.71. The van der Waals surface area contributed by atoms with Gasteiger partial charge in [-0.3, -0.25) is 4.90 Å². The number of hydrogen-bond donors (Lipinski definition) is 0. The third-order valence-corrected chi connectivity index (χ3v) is 4.69. The fourth-order valence-corrected chi connectivity index (χ4v) is 3.29. The molecule has 0 spiro atoms. The first-order valence-corrected chi connectivity index (χ1v) is 7.94. The summed E-state index contributed by atoms with van der Waals surface area (Å²) in [5, 5.41) is 0. The number of anilines is 1. The number of rotatable bonds is 3. The molecule has 2 fully saturated rings. The molecule has 2 aliphatic rings. The van der Waals surface area contributed by atoms with Crippen molar-refractivity contribution in [1.29, 1.82) is 0 Å². The van der Waals surface area contributed by atoms with Crippen molar-refractivity contribution in [2.45, 2.75) is 24.8 Å². The molecule has 0 amide bonds. The van der Waals surface area contributed by atoms with Gasteiger partial charge in [-0.05, 0) is 30.5 Å².